The predicted molar refractivity (Wildman–Crippen MR) is 69.5 cm³/mol. The molecule has 4 nitrogen and oxygen atoms in total. The third-order valence-corrected chi connectivity index (χ3v) is 3.33. The lowest BCUT2D eigenvalue weighted by atomic mass is 10.1. The minimum Gasteiger partial charge on any atom is -0.354 e. The van der Waals surface area contributed by atoms with E-state index in [0.717, 1.165) is 25.0 Å². The lowest BCUT2D eigenvalue weighted by molar-refractivity contribution is -0.122. The van der Waals surface area contributed by atoms with Gasteiger partial charge in [-0.25, -0.2) is 4.39 Å². The Labute approximate surface area is 115 Å². The van der Waals surface area contributed by atoms with Gasteiger partial charge in [0, 0.05) is 6.54 Å². The van der Waals surface area contributed by atoms with E-state index in [1.165, 1.54) is 6.07 Å². The van der Waals surface area contributed by atoms with Crippen molar-refractivity contribution in [3.05, 3.63) is 34.6 Å². The van der Waals surface area contributed by atoms with Crippen molar-refractivity contribution in [1.82, 2.24) is 10.6 Å². The molecule has 2 N–H and O–H groups in total. The number of rotatable bonds is 2. The first-order valence-corrected chi connectivity index (χ1v) is 6.49. The van der Waals surface area contributed by atoms with Gasteiger partial charge >= 0.3 is 0 Å². The van der Waals surface area contributed by atoms with Crippen LogP contribution in [0.25, 0.3) is 0 Å². The smallest absolute Gasteiger partial charge is 0.253 e. The zero-order chi connectivity index (χ0) is 13.8. The topological polar surface area (TPSA) is 58.2 Å². The number of hydrogen-bond donors (Lipinski definition) is 2. The van der Waals surface area contributed by atoms with Crippen molar-refractivity contribution in [3.63, 3.8) is 0 Å². The quantitative estimate of drug-likeness (QED) is 0.871. The molecule has 1 aliphatic heterocycles. The molecule has 0 bridgehead atoms. The Morgan fingerprint density at radius 1 is 1.42 bits per heavy atom. The summed E-state index contributed by atoms with van der Waals surface area (Å²) in [4.78, 5) is 23.7. The van der Waals surface area contributed by atoms with Crippen LogP contribution in [-0.2, 0) is 4.79 Å². The molecule has 1 atom stereocenters. The van der Waals surface area contributed by atoms with E-state index < -0.39 is 17.8 Å². The first kappa shape index (κ1) is 13.8. The molecule has 2 rings (SSSR count). The Bertz CT molecular complexity index is 507. The van der Waals surface area contributed by atoms with Crippen molar-refractivity contribution in [2.45, 2.75) is 25.3 Å². The summed E-state index contributed by atoms with van der Waals surface area (Å²) in [5.74, 6) is -1.16. The highest BCUT2D eigenvalue weighted by Gasteiger charge is 2.23. The summed E-state index contributed by atoms with van der Waals surface area (Å²) < 4.78 is 12.9. The summed E-state index contributed by atoms with van der Waals surface area (Å²) in [6.45, 7) is 0.627. The van der Waals surface area contributed by atoms with Crippen LogP contribution in [0.3, 0.4) is 0 Å². The van der Waals surface area contributed by atoms with Gasteiger partial charge in [0.25, 0.3) is 5.91 Å². The highest BCUT2D eigenvalue weighted by atomic mass is 35.5. The van der Waals surface area contributed by atoms with Crippen LogP contribution in [0.4, 0.5) is 4.39 Å². The van der Waals surface area contributed by atoms with Gasteiger partial charge in [-0.15, -0.1) is 0 Å². The number of benzene rings is 1. The van der Waals surface area contributed by atoms with E-state index in [1.807, 2.05) is 0 Å². The van der Waals surface area contributed by atoms with Gasteiger partial charge in [-0.3, -0.25) is 9.59 Å². The molecule has 0 unspecified atom stereocenters. The number of carbonyl (C=O) groups excluding carboxylic acids is 2. The molecule has 1 fully saturated rings. The minimum atomic E-state index is -0.559. The van der Waals surface area contributed by atoms with Crippen molar-refractivity contribution in [2.24, 2.45) is 0 Å². The van der Waals surface area contributed by atoms with Gasteiger partial charge in [0.05, 0.1) is 10.6 Å². The van der Waals surface area contributed by atoms with Crippen LogP contribution in [-0.4, -0.2) is 24.4 Å². The first-order valence-electron chi connectivity index (χ1n) is 6.11. The second-order valence-corrected chi connectivity index (χ2v) is 4.84. The van der Waals surface area contributed by atoms with Gasteiger partial charge in [-0.1, -0.05) is 11.6 Å². The molecule has 2 amide bonds. The Balaban J connectivity index is 2.09. The number of carbonyl (C=O) groups is 2. The van der Waals surface area contributed by atoms with Crippen LogP contribution < -0.4 is 10.6 Å². The maximum Gasteiger partial charge on any atom is 0.253 e. The van der Waals surface area contributed by atoms with Crippen molar-refractivity contribution in [2.75, 3.05) is 6.54 Å². The van der Waals surface area contributed by atoms with Gasteiger partial charge in [0.2, 0.25) is 5.91 Å². The molecule has 102 valence electrons. The molecule has 1 aromatic carbocycles. The molecule has 1 saturated heterocycles. The zero-order valence-electron chi connectivity index (χ0n) is 10.2. The molecule has 0 aromatic heterocycles. The summed E-state index contributed by atoms with van der Waals surface area (Å²) in [7, 11) is 0. The highest BCUT2D eigenvalue weighted by molar-refractivity contribution is 6.33. The van der Waals surface area contributed by atoms with Crippen LogP contribution in [0, 0.1) is 5.82 Å². The van der Waals surface area contributed by atoms with E-state index in [1.54, 1.807) is 0 Å². The summed E-state index contributed by atoms with van der Waals surface area (Å²) in [5, 5.41) is 5.39. The average molecular weight is 285 g/mol. The van der Waals surface area contributed by atoms with Crippen molar-refractivity contribution >= 4 is 23.4 Å². The van der Waals surface area contributed by atoms with Crippen LogP contribution in [0.15, 0.2) is 18.2 Å². The third-order valence-electron chi connectivity index (χ3n) is 3.02. The second-order valence-electron chi connectivity index (χ2n) is 4.44. The average Bonchev–Trinajstić information content (AvgIpc) is 2.55. The van der Waals surface area contributed by atoms with Crippen molar-refractivity contribution in [3.8, 4) is 0 Å². The standard InChI is InChI=1S/C13H14ClFN2O2/c14-10-7-8(15)4-5-9(10)12(18)17-11-3-1-2-6-16-13(11)19/h4-5,7,11H,1-3,6H2,(H,16,19)(H,17,18)/t11-/m1/s1. The third kappa shape index (κ3) is 3.44. The number of nitrogens with one attached hydrogen (secondary N) is 2. The molecule has 1 aliphatic rings. The fourth-order valence-corrected chi connectivity index (χ4v) is 2.24. The summed E-state index contributed by atoms with van der Waals surface area (Å²) >= 11 is 5.81. The summed E-state index contributed by atoms with van der Waals surface area (Å²) in [5.41, 5.74) is 0.167. The molecular formula is C13H14ClFN2O2. The van der Waals surface area contributed by atoms with E-state index >= 15 is 0 Å². The molecule has 0 spiro atoms. The van der Waals surface area contributed by atoms with E-state index in [2.05, 4.69) is 10.6 Å². The lowest BCUT2D eigenvalue weighted by Gasteiger charge is -2.15. The maximum absolute atomic E-state index is 12.9. The van der Waals surface area contributed by atoms with Gasteiger partial charge < -0.3 is 10.6 Å². The summed E-state index contributed by atoms with van der Waals surface area (Å²) in [6.07, 6.45) is 2.35. The van der Waals surface area contributed by atoms with E-state index in [9.17, 15) is 14.0 Å². The predicted octanol–water partition coefficient (Wildman–Crippen LogP) is 1.88. The monoisotopic (exact) mass is 284 g/mol. The van der Waals surface area contributed by atoms with E-state index in [4.69, 9.17) is 11.6 Å². The normalized spacial score (nSPS) is 19.5. The Morgan fingerprint density at radius 3 is 2.95 bits per heavy atom. The number of halogens is 2. The Kier molecular flexibility index (Phi) is 4.37. The summed E-state index contributed by atoms with van der Waals surface area (Å²) in [6, 6.07) is 2.98. The molecular weight excluding hydrogens is 271 g/mol. The molecule has 0 radical (unpaired) electrons. The fourth-order valence-electron chi connectivity index (χ4n) is 1.99. The molecule has 6 heteroatoms. The second kappa shape index (κ2) is 6.02. The number of amides is 2. The van der Waals surface area contributed by atoms with Gasteiger partial charge in [-0.05, 0) is 37.5 Å². The number of hydrogen-bond acceptors (Lipinski definition) is 2. The largest absolute Gasteiger partial charge is 0.354 e. The van der Waals surface area contributed by atoms with Crippen LogP contribution in [0.2, 0.25) is 5.02 Å². The Hall–Kier alpha value is -1.62. The minimum absolute atomic E-state index is 0.0338. The fraction of sp³-hybridized carbons (Fsp3) is 0.385. The Morgan fingerprint density at radius 2 is 2.21 bits per heavy atom. The lowest BCUT2D eigenvalue weighted by Crippen LogP contribution is -2.45. The van der Waals surface area contributed by atoms with Crippen molar-refractivity contribution in [1.29, 1.82) is 0 Å². The molecule has 1 aromatic rings. The van der Waals surface area contributed by atoms with Crippen LogP contribution in [0.5, 0.6) is 0 Å². The molecule has 0 saturated carbocycles. The van der Waals surface area contributed by atoms with Crippen molar-refractivity contribution < 1.29 is 14.0 Å². The molecule has 1 heterocycles. The van der Waals surface area contributed by atoms with E-state index in [-0.39, 0.29) is 16.5 Å². The van der Waals surface area contributed by atoms with E-state index in [0.29, 0.717) is 13.0 Å². The molecule has 19 heavy (non-hydrogen) atoms. The van der Waals surface area contributed by atoms with Gasteiger partial charge in [0.1, 0.15) is 11.9 Å². The van der Waals surface area contributed by atoms with Gasteiger partial charge in [0.15, 0.2) is 0 Å². The zero-order valence-corrected chi connectivity index (χ0v) is 11.0. The van der Waals surface area contributed by atoms with Gasteiger partial charge in [-0.2, -0.15) is 0 Å². The van der Waals surface area contributed by atoms with Crippen LogP contribution >= 0.6 is 11.6 Å². The maximum atomic E-state index is 12.9. The highest BCUT2D eigenvalue weighted by Crippen LogP contribution is 2.17. The SMILES string of the molecule is O=C(N[C@@H]1CCCCNC1=O)c1ccc(F)cc1Cl. The molecule has 0 aliphatic carbocycles. The first-order chi connectivity index (χ1) is 9.08. The van der Waals surface area contributed by atoms with Crippen LogP contribution in [0.1, 0.15) is 29.6 Å².